The molecule has 0 aliphatic carbocycles. The third kappa shape index (κ3) is 39.8. The first-order chi connectivity index (χ1) is 28.2. The van der Waals surface area contributed by atoms with Gasteiger partial charge < -0.3 is 19.7 Å². The summed E-state index contributed by atoms with van der Waals surface area (Å²) in [5.74, 6) is 1.56. The summed E-state index contributed by atoms with van der Waals surface area (Å²) in [5.41, 5.74) is 0. The van der Waals surface area contributed by atoms with Crippen molar-refractivity contribution in [2.45, 2.75) is 265 Å². The first-order valence-corrected chi connectivity index (χ1v) is 25.5. The zero-order chi connectivity index (χ0) is 42.7. The molecular formula is C51H100N2O5. The Bertz CT molecular complexity index is 835. The third-order valence-electron chi connectivity index (χ3n) is 12.1. The molecule has 0 atom stereocenters. The summed E-state index contributed by atoms with van der Waals surface area (Å²) in [6.07, 6.45) is 42.1. The number of amides is 1. The second kappa shape index (κ2) is 43.5. The van der Waals surface area contributed by atoms with Gasteiger partial charge in [0.05, 0.1) is 19.8 Å². The first kappa shape index (κ1) is 56.4. The Morgan fingerprint density at radius 1 is 0.414 bits per heavy atom. The van der Waals surface area contributed by atoms with E-state index < -0.39 is 0 Å². The van der Waals surface area contributed by atoms with Crippen molar-refractivity contribution in [3.63, 3.8) is 0 Å². The first-order valence-electron chi connectivity index (χ1n) is 25.5. The van der Waals surface area contributed by atoms with Gasteiger partial charge in [0.1, 0.15) is 0 Å². The molecule has 7 heteroatoms. The molecule has 0 aliphatic rings. The molecule has 0 unspecified atom stereocenters. The van der Waals surface area contributed by atoms with Gasteiger partial charge in [-0.05, 0) is 64.5 Å². The Hall–Kier alpha value is -1.63. The molecule has 58 heavy (non-hydrogen) atoms. The minimum absolute atomic E-state index is 0.00500. The van der Waals surface area contributed by atoms with Crippen molar-refractivity contribution in [1.82, 2.24) is 10.2 Å². The third-order valence-corrected chi connectivity index (χ3v) is 12.1. The highest BCUT2D eigenvalue weighted by Gasteiger charge is 2.14. The molecule has 0 fully saturated rings. The van der Waals surface area contributed by atoms with Crippen molar-refractivity contribution in [2.75, 3.05) is 33.9 Å². The van der Waals surface area contributed by atoms with Gasteiger partial charge >= 0.3 is 11.9 Å². The largest absolute Gasteiger partial charge is 0.466 e. The van der Waals surface area contributed by atoms with Gasteiger partial charge in [0.15, 0.2) is 0 Å². The van der Waals surface area contributed by atoms with E-state index in [1.54, 1.807) is 0 Å². The Morgan fingerprint density at radius 2 is 0.724 bits per heavy atom. The molecule has 0 radical (unpaired) electrons. The van der Waals surface area contributed by atoms with E-state index in [1.807, 2.05) is 19.0 Å². The van der Waals surface area contributed by atoms with E-state index >= 15 is 0 Å². The van der Waals surface area contributed by atoms with E-state index in [2.05, 4.69) is 33.0 Å². The van der Waals surface area contributed by atoms with Crippen LogP contribution in [-0.2, 0) is 23.9 Å². The van der Waals surface area contributed by atoms with Gasteiger partial charge in [-0.3, -0.25) is 14.4 Å². The van der Waals surface area contributed by atoms with Crippen LogP contribution in [0.5, 0.6) is 0 Å². The predicted octanol–water partition coefficient (Wildman–Crippen LogP) is 14.5. The fourth-order valence-corrected chi connectivity index (χ4v) is 8.30. The summed E-state index contributed by atoms with van der Waals surface area (Å²) in [6.45, 7) is 10.7. The van der Waals surface area contributed by atoms with Crippen molar-refractivity contribution < 1.29 is 23.9 Å². The number of esters is 2. The number of nitrogens with zero attached hydrogens (tertiary/aromatic N) is 1. The number of hydrogen-bond acceptors (Lipinski definition) is 6. The number of carbonyl (C=O) groups is 3. The van der Waals surface area contributed by atoms with Gasteiger partial charge in [0.2, 0.25) is 5.91 Å². The number of hydrogen-bond donors (Lipinski definition) is 1. The molecule has 0 aromatic rings. The number of carbonyl (C=O) groups excluding carboxylic acids is 3. The standard InChI is InChI=1S/C51H100N2O5/c1-7-11-33-46(34-12-8-2)41-43-57-50(55)39-31-27-23-19-15-17-21-25-29-37-48(52-49(54)45-53(5)6)38-30-26-22-18-16-20-24-28-32-40-51(56)58-44-42-47(35-13-9-3)36-14-10-4/h46-48H,7-45H2,1-6H3,(H,52,54). The van der Waals surface area contributed by atoms with Crippen LogP contribution < -0.4 is 5.32 Å². The van der Waals surface area contributed by atoms with Crippen molar-refractivity contribution in [3.8, 4) is 0 Å². The lowest BCUT2D eigenvalue weighted by molar-refractivity contribution is -0.145. The minimum atomic E-state index is -0.00500. The van der Waals surface area contributed by atoms with Crippen LogP contribution in [0.4, 0.5) is 0 Å². The smallest absolute Gasteiger partial charge is 0.305 e. The molecule has 344 valence electrons. The maximum Gasteiger partial charge on any atom is 0.305 e. The van der Waals surface area contributed by atoms with Crippen molar-refractivity contribution in [2.24, 2.45) is 11.8 Å². The van der Waals surface area contributed by atoms with Crippen molar-refractivity contribution in [3.05, 3.63) is 0 Å². The maximum atomic E-state index is 12.6. The molecule has 0 rings (SSSR count). The van der Waals surface area contributed by atoms with Crippen LogP contribution in [0.2, 0.25) is 0 Å². The number of rotatable bonds is 45. The molecule has 1 amide bonds. The van der Waals surface area contributed by atoms with Crippen LogP contribution in [0.25, 0.3) is 0 Å². The van der Waals surface area contributed by atoms with Gasteiger partial charge in [0.25, 0.3) is 0 Å². The highest BCUT2D eigenvalue weighted by molar-refractivity contribution is 5.78. The minimum Gasteiger partial charge on any atom is -0.466 e. The van der Waals surface area contributed by atoms with Crippen LogP contribution in [0, 0.1) is 11.8 Å². The summed E-state index contributed by atoms with van der Waals surface area (Å²) in [6, 6.07) is 0.290. The molecule has 0 aromatic carbocycles. The predicted molar refractivity (Wildman–Crippen MR) is 248 cm³/mol. The highest BCUT2D eigenvalue weighted by atomic mass is 16.5. The molecule has 7 nitrogen and oxygen atoms in total. The number of nitrogens with one attached hydrogen (secondary N) is 1. The molecule has 0 spiro atoms. The Morgan fingerprint density at radius 3 is 1.03 bits per heavy atom. The highest BCUT2D eigenvalue weighted by Crippen LogP contribution is 2.22. The van der Waals surface area contributed by atoms with Gasteiger partial charge in [-0.1, -0.05) is 207 Å². The average Bonchev–Trinajstić information content (AvgIpc) is 3.19. The lowest BCUT2D eigenvalue weighted by Gasteiger charge is -2.20. The second-order valence-electron chi connectivity index (χ2n) is 18.3. The molecule has 0 saturated carbocycles. The maximum absolute atomic E-state index is 12.6. The molecule has 1 N–H and O–H groups in total. The topological polar surface area (TPSA) is 84.9 Å². The SMILES string of the molecule is CCCCC(CCCC)CCOC(=O)CCCCCCCCCCCC(CCCCCCCCCCCC(=O)OCCC(CCCC)CCCC)NC(=O)CN(C)C. The molecule has 0 saturated heterocycles. The summed E-state index contributed by atoms with van der Waals surface area (Å²) >= 11 is 0. The summed E-state index contributed by atoms with van der Waals surface area (Å²) < 4.78 is 11.2. The summed E-state index contributed by atoms with van der Waals surface area (Å²) in [7, 11) is 3.91. The normalized spacial score (nSPS) is 11.7. The zero-order valence-corrected chi connectivity index (χ0v) is 39.8. The Labute approximate surface area is 361 Å². The van der Waals surface area contributed by atoms with Crippen LogP contribution in [0.1, 0.15) is 259 Å². The number of likely N-dealkylation sites (N-methyl/N-ethyl adjacent to an activating group) is 1. The average molecular weight is 821 g/mol. The summed E-state index contributed by atoms with van der Waals surface area (Å²) in [5, 5.41) is 3.34. The zero-order valence-electron chi connectivity index (χ0n) is 39.8. The number of ether oxygens (including phenoxy) is 2. The van der Waals surface area contributed by atoms with Crippen LogP contribution in [-0.4, -0.2) is 62.6 Å². The van der Waals surface area contributed by atoms with Crippen molar-refractivity contribution in [1.29, 1.82) is 0 Å². The van der Waals surface area contributed by atoms with E-state index in [1.165, 1.54) is 167 Å². The lowest BCUT2D eigenvalue weighted by atomic mass is 9.93. The van der Waals surface area contributed by atoms with E-state index in [0.717, 1.165) is 51.4 Å². The molecular weight excluding hydrogens is 721 g/mol. The number of unbranched alkanes of at least 4 members (excludes halogenated alkanes) is 20. The molecule has 0 heterocycles. The Balaban J connectivity index is 3.96. The Kier molecular flexibility index (Phi) is 42.2. The van der Waals surface area contributed by atoms with Crippen LogP contribution in [0.3, 0.4) is 0 Å². The molecule has 0 aromatic heterocycles. The van der Waals surface area contributed by atoms with Crippen molar-refractivity contribution >= 4 is 17.8 Å². The van der Waals surface area contributed by atoms with Gasteiger partial charge in [-0.15, -0.1) is 0 Å². The van der Waals surface area contributed by atoms with E-state index in [0.29, 0.717) is 44.4 Å². The van der Waals surface area contributed by atoms with E-state index in [9.17, 15) is 14.4 Å². The quantitative estimate of drug-likeness (QED) is 0.0486. The van der Waals surface area contributed by atoms with Gasteiger partial charge in [-0.25, -0.2) is 0 Å². The van der Waals surface area contributed by atoms with E-state index in [-0.39, 0.29) is 23.9 Å². The summed E-state index contributed by atoms with van der Waals surface area (Å²) in [4.78, 5) is 38.9. The fraction of sp³-hybridized carbons (Fsp3) is 0.941. The fourth-order valence-electron chi connectivity index (χ4n) is 8.30. The van der Waals surface area contributed by atoms with Gasteiger partial charge in [0, 0.05) is 18.9 Å². The monoisotopic (exact) mass is 821 g/mol. The van der Waals surface area contributed by atoms with E-state index in [4.69, 9.17) is 9.47 Å². The molecule has 0 aliphatic heterocycles. The van der Waals surface area contributed by atoms with Crippen LogP contribution in [0.15, 0.2) is 0 Å². The van der Waals surface area contributed by atoms with Crippen LogP contribution >= 0.6 is 0 Å². The van der Waals surface area contributed by atoms with Gasteiger partial charge in [-0.2, -0.15) is 0 Å². The lowest BCUT2D eigenvalue weighted by Crippen LogP contribution is -2.40. The molecule has 0 bridgehead atoms. The second-order valence-corrected chi connectivity index (χ2v) is 18.3.